The van der Waals surface area contributed by atoms with E-state index in [1.165, 1.54) is 18.9 Å². The number of rotatable bonds is 4. The van der Waals surface area contributed by atoms with Gasteiger partial charge in [-0.1, -0.05) is 6.07 Å². The topological polar surface area (TPSA) is 63.5 Å². The van der Waals surface area contributed by atoms with E-state index in [0.29, 0.717) is 29.7 Å². The van der Waals surface area contributed by atoms with Gasteiger partial charge in [-0.3, -0.25) is 4.99 Å². The van der Waals surface area contributed by atoms with Crippen LogP contribution in [0, 0.1) is 17.1 Å². The van der Waals surface area contributed by atoms with Gasteiger partial charge < -0.3 is 15.5 Å². The van der Waals surface area contributed by atoms with Crippen LogP contribution >= 0.6 is 24.0 Å². The third kappa shape index (κ3) is 5.54. The zero-order valence-corrected chi connectivity index (χ0v) is 16.8. The number of benzene rings is 1. The van der Waals surface area contributed by atoms with Gasteiger partial charge in [0.1, 0.15) is 5.82 Å². The Morgan fingerprint density at radius 3 is 2.60 bits per heavy atom. The molecule has 0 aromatic heterocycles. The van der Waals surface area contributed by atoms with Crippen LogP contribution < -0.4 is 10.6 Å². The lowest BCUT2D eigenvalue weighted by atomic mass is 10.1. The van der Waals surface area contributed by atoms with Crippen molar-refractivity contribution in [2.75, 3.05) is 20.1 Å². The van der Waals surface area contributed by atoms with Gasteiger partial charge in [-0.25, -0.2) is 4.39 Å². The van der Waals surface area contributed by atoms with Crippen LogP contribution in [0.4, 0.5) is 4.39 Å². The highest BCUT2D eigenvalue weighted by Gasteiger charge is 2.31. The number of halogens is 2. The monoisotopic (exact) mass is 457 g/mol. The molecular formula is C18H25FIN5. The van der Waals surface area contributed by atoms with E-state index in [0.717, 1.165) is 32.0 Å². The number of likely N-dealkylation sites (tertiary alicyclic amines) is 1. The summed E-state index contributed by atoms with van der Waals surface area (Å²) in [5.41, 5.74) is 0.863. The molecule has 3 rings (SSSR count). The molecule has 0 spiro atoms. The fourth-order valence-corrected chi connectivity index (χ4v) is 3.18. The summed E-state index contributed by atoms with van der Waals surface area (Å²) in [7, 11) is 1.73. The molecule has 0 radical (unpaired) electrons. The van der Waals surface area contributed by atoms with E-state index in [-0.39, 0.29) is 29.8 Å². The van der Waals surface area contributed by atoms with Gasteiger partial charge in [-0.15, -0.1) is 24.0 Å². The molecule has 0 bridgehead atoms. The van der Waals surface area contributed by atoms with Crippen LogP contribution in [0.25, 0.3) is 0 Å². The summed E-state index contributed by atoms with van der Waals surface area (Å²) in [5.74, 6) is 0.332. The maximum Gasteiger partial charge on any atom is 0.191 e. The molecule has 2 fully saturated rings. The number of hydrogen-bond donors (Lipinski definition) is 2. The van der Waals surface area contributed by atoms with Gasteiger partial charge in [-0.05, 0) is 37.8 Å². The summed E-state index contributed by atoms with van der Waals surface area (Å²) in [6.45, 7) is 2.63. The van der Waals surface area contributed by atoms with E-state index >= 15 is 0 Å². The molecule has 1 aromatic rings. The van der Waals surface area contributed by atoms with Gasteiger partial charge in [-0.2, -0.15) is 5.26 Å². The summed E-state index contributed by atoms with van der Waals surface area (Å²) < 4.78 is 13.9. The van der Waals surface area contributed by atoms with Crippen molar-refractivity contribution >= 4 is 29.9 Å². The number of guanidine groups is 1. The number of hydrogen-bond acceptors (Lipinski definition) is 3. The van der Waals surface area contributed by atoms with Crippen LogP contribution in [0.2, 0.25) is 0 Å². The minimum Gasteiger partial charge on any atom is -0.354 e. The third-order valence-electron chi connectivity index (χ3n) is 4.79. The largest absolute Gasteiger partial charge is 0.354 e. The second-order valence-corrected chi connectivity index (χ2v) is 6.53. The lowest BCUT2D eigenvalue weighted by Gasteiger charge is -2.33. The number of nitrogens with zero attached hydrogens (tertiary/aromatic N) is 3. The first-order valence-electron chi connectivity index (χ1n) is 8.59. The summed E-state index contributed by atoms with van der Waals surface area (Å²) in [6, 6.07) is 7.73. The van der Waals surface area contributed by atoms with E-state index in [1.807, 2.05) is 6.07 Å². The lowest BCUT2D eigenvalue weighted by molar-refractivity contribution is 0.197. The average Bonchev–Trinajstić information content (AvgIpc) is 3.45. The molecule has 5 nitrogen and oxygen atoms in total. The van der Waals surface area contributed by atoms with Crippen molar-refractivity contribution < 1.29 is 4.39 Å². The molecule has 1 aliphatic carbocycles. The maximum atomic E-state index is 13.9. The van der Waals surface area contributed by atoms with Gasteiger partial charge in [0.05, 0.1) is 11.6 Å². The summed E-state index contributed by atoms with van der Waals surface area (Å²) in [6.07, 6.45) is 4.94. The molecule has 136 valence electrons. The Labute approximate surface area is 165 Å². The molecule has 0 atom stereocenters. The number of piperidine rings is 1. The van der Waals surface area contributed by atoms with Crippen LogP contribution in [-0.2, 0) is 6.54 Å². The first kappa shape index (κ1) is 19.9. The third-order valence-corrected chi connectivity index (χ3v) is 4.79. The molecule has 7 heteroatoms. The first-order chi connectivity index (χ1) is 11.7. The molecule has 1 saturated carbocycles. The predicted octanol–water partition coefficient (Wildman–Crippen LogP) is 2.61. The zero-order valence-electron chi connectivity index (χ0n) is 14.5. The Morgan fingerprint density at radius 1 is 1.32 bits per heavy atom. The molecule has 1 heterocycles. The molecular weight excluding hydrogens is 432 g/mol. The van der Waals surface area contributed by atoms with Gasteiger partial charge in [0, 0.05) is 44.3 Å². The normalized spacial score (nSPS) is 19.0. The quantitative estimate of drug-likeness (QED) is 0.415. The van der Waals surface area contributed by atoms with Crippen LogP contribution in [0.3, 0.4) is 0 Å². The molecule has 2 aliphatic rings. The molecule has 1 saturated heterocycles. The van der Waals surface area contributed by atoms with Crippen LogP contribution in [-0.4, -0.2) is 43.1 Å². The Bertz CT molecular complexity index is 645. The molecule has 1 aromatic carbocycles. The van der Waals surface area contributed by atoms with Gasteiger partial charge in [0.25, 0.3) is 0 Å². The molecule has 0 unspecified atom stereocenters. The summed E-state index contributed by atoms with van der Waals surface area (Å²) >= 11 is 0. The van der Waals surface area contributed by atoms with Crippen molar-refractivity contribution in [2.24, 2.45) is 4.99 Å². The van der Waals surface area contributed by atoms with Crippen LogP contribution in [0.1, 0.15) is 36.8 Å². The molecule has 1 aliphatic heterocycles. The number of nitriles is 1. The minimum absolute atomic E-state index is 0. The van der Waals surface area contributed by atoms with Gasteiger partial charge in [0.2, 0.25) is 0 Å². The van der Waals surface area contributed by atoms with Crippen molar-refractivity contribution in [3.63, 3.8) is 0 Å². The fraction of sp³-hybridized carbons (Fsp3) is 0.556. The van der Waals surface area contributed by atoms with Gasteiger partial charge >= 0.3 is 0 Å². The zero-order chi connectivity index (χ0) is 16.9. The Hall–Kier alpha value is -1.40. The van der Waals surface area contributed by atoms with Crippen molar-refractivity contribution in [1.29, 1.82) is 5.26 Å². The fourth-order valence-electron chi connectivity index (χ4n) is 3.18. The number of aliphatic imine (C=N–C) groups is 1. The molecule has 25 heavy (non-hydrogen) atoms. The Morgan fingerprint density at radius 2 is 2.04 bits per heavy atom. The Kier molecular flexibility index (Phi) is 7.44. The Balaban J connectivity index is 0.00000225. The van der Waals surface area contributed by atoms with E-state index in [9.17, 15) is 4.39 Å². The highest BCUT2D eigenvalue weighted by Crippen LogP contribution is 2.29. The maximum absolute atomic E-state index is 13.9. The van der Waals surface area contributed by atoms with Gasteiger partial charge in [0.15, 0.2) is 5.96 Å². The van der Waals surface area contributed by atoms with Crippen LogP contribution in [0.15, 0.2) is 23.2 Å². The number of nitrogens with one attached hydrogen (secondary N) is 2. The summed E-state index contributed by atoms with van der Waals surface area (Å²) in [5, 5.41) is 15.4. The van der Waals surface area contributed by atoms with Crippen LogP contribution in [0.5, 0.6) is 0 Å². The SMILES string of the molecule is CN=C(NCc1ccc(C#N)cc1F)NC1CCN(C2CC2)CC1.I. The van der Waals surface area contributed by atoms with Crippen molar-refractivity contribution in [3.05, 3.63) is 35.1 Å². The molecule has 0 amide bonds. The highest BCUT2D eigenvalue weighted by molar-refractivity contribution is 14.0. The second-order valence-electron chi connectivity index (χ2n) is 6.53. The predicted molar refractivity (Wildman–Crippen MR) is 107 cm³/mol. The van der Waals surface area contributed by atoms with Crippen molar-refractivity contribution in [3.8, 4) is 6.07 Å². The molecule has 2 N–H and O–H groups in total. The average molecular weight is 457 g/mol. The van der Waals surface area contributed by atoms with E-state index in [4.69, 9.17) is 5.26 Å². The first-order valence-corrected chi connectivity index (χ1v) is 8.59. The summed E-state index contributed by atoms with van der Waals surface area (Å²) in [4.78, 5) is 6.82. The lowest BCUT2D eigenvalue weighted by Crippen LogP contribution is -2.48. The standard InChI is InChI=1S/C18H24FN5.HI/c1-21-18(22-12-14-3-2-13(11-20)10-17(14)19)23-15-6-8-24(9-7-15)16-4-5-16;/h2-3,10,15-16H,4-9,12H2,1H3,(H2,21,22,23);1H. The van der Waals surface area contributed by atoms with Crippen molar-refractivity contribution in [2.45, 2.75) is 44.3 Å². The van der Waals surface area contributed by atoms with E-state index in [2.05, 4.69) is 20.5 Å². The highest BCUT2D eigenvalue weighted by atomic mass is 127. The van der Waals surface area contributed by atoms with E-state index < -0.39 is 0 Å². The minimum atomic E-state index is -0.366. The van der Waals surface area contributed by atoms with Crippen molar-refractivity contribution in [1.82, 2.24) is 15.5 Å². The second kappa shape index (κ2) is 9.34. The smallest absolute Gasteiger partial charge is 0.191 e. The van der Waals surface area contributed by atoms with E-state index in [1.54, 1.807) is 19.2 Å².